The third-order valence-electron chi connectivity index (χ3n) is 5.74. The first kappa shape index (κ1) is 24.7. The Balaban J connectivity index is 1.52. The number of rotatable bonds is 10. The number of carbonyl (C=O) groups excluding carboxylic acids is 1. The van der Waals surface area contributed by atoms with Gasteiger partial charge in [-0.25, -0.2) is 4.79 Å². The number of hydrogen-bond donors (Lipinski definition) is 0. The van der Waals surface area contributed by atoms with Crippen LogP contribution in [0.25, 0.3) is 6.08 Å². The number of hydrogen-bond acceptors (Lipinski definition) is 4. The monoisotopic (exact) mass is 479 g/mol. The zero-order valence-electron chi connectivity index (χ0n) is 20.2. The van der Waals surface area contributed by atoms with Crippen LogP contribution in [-0.4, -0.2) is 23.8 Å². The maximum atomic E-state index is 12.6. The van der Waals surface area contributed by atoms with Gasteiger partial charge in [0, 0.05) is 24.7 Å². The summed E-state index contributed by atoms with van der Waals surface area (Å²) >= 11 is 0. The van der Waals surface area contributed by atoms with E-state index < -0.39 is 5.97 Å². The van der Waals surface area contributed by atoms with Crippen LogP contribution in [0.1, 0.15) is 35.1 Å². The fourth-order valence-electron chi connectivity index (χ4n) is 4.09. The molecule has 3 aromatic carbocycles. The quantitative estimate of drug-likeness (QED) is 0.275. The molecule has 0 saturated heterocycles. The third-order valence-corrected chi connectivity index (χ3v) is 5.74. The molecule has 4 rings (SSSR count). The molecule has 4 aromatic rings. The summed E-state index contributed by atoms with van der Waals surface area (Å²) in [6, 6.07) is 31.6. The van der Waals surface area contributed by atoms with Gasteiger partial charge >= 0.3 is 5.97 Å². The summed E-state index contributed by atoms with van der Waals surface area (Å²) in [6.07, 6.45) is 5.81. The van der Waals surface area contributed by atoms with Gasteiger partial charge in [-0.2, -0.15) is 0 Å². The molecule has 1 heterocycles. The second-order valence-corrected chi connectivity index (χ2v) is 8.28. The van der Waals surface area contributed by atoms with Crippen LogP contribution in [0.15, 0.2) is 114 Å². The molecule has 0 fully saturated rings. The van der Waals surface area contributed by atoms with Gasteiger partial charge in [0.2, 0.25) is 0 Å². The van der Waals surface area contributed by atoms with E-state index in [-0.39, 0.29) is 18.1 Å². The van der Waals surface area contributed by atoms with Crippen molar-refractivity contribution in [3.05, 3.63) is 142 Å². The molecule has 5 nitrogen and oxygen atoms in total. The lowest BCUT2D eigenvalue weighted by atomic mass is 9.86. The number of nitrogens with zero attached hydrogens (tertiary/aromatic N) is 1. The summed E-state index contributed by atoms with van der Waals surface area (Å²) in [6.45, 7) is 2.38. The predicted molar refractivity (Wildman–Crippen MR) is 142 cm³/mol. The highest BCUT2D eigenvalue weighted by Crippen LogP contribution is 2.31. The van der Waals surface area contributed by atoms with E-state index >= 15 is 0 Å². The summed E-state index contributed by atoms with van der Waals surface area (Å²) in [5, 5.41) is 0. The number of ether oxygens (including phenoxy) is 2. The highest BCUT2D eigenvalue weighted by atomic mass is 16.6. The molecule has 1 aromatic heterocycles. The smallest absolute Gasteiger partial charge is 0.344 e. The maximum absolute atomic E-state index is 12.6. The van der Waals surface area contributed by atoms with E-state index in [4.69, 9.17) is 9.47 Å². The Kier molecular flexibility index (Phi) is 8.49. The van der Waals surface area contributed by atoms with Crippen LogP contribution in [-0.2, 0) is 16.1 Å². The minimum absolute atomic E-state index is 0.0245. The topological polar surface area (TPSA) is 57.5 Å². The van der Waals surface area contributed by atoms with Crippen LogP contribution in [0.3, 0.4) is 0 Å². The van der Waals surface area contributed by atoms with E-state index in [1.165, 1.54) is 11.1 Å². The Morgan fingerprint density at radius 1 is 0.861 bits per heavy atom. The van der Waals surface area contributed by atoms with Gasteiger partial charge in [0.05, 0.1) is 6.61 Å². The highest BCUT2D eigenvalue weighted by Gasteiger charge is 2.17. The van der Waals surface area contributed by atoms with Crippen molar-refractivity contribution >= 4 is 12.0 Å². The molecule has 36 heavy (non-hydrogen) atoms. The lowest BCUT2D eigenvalue weighted by Gasteiger charge is -2.19. The van der Waals surface area contributed by atoms with E-state index in [1.54, 1.807) is 23.6 Å². The van der Waals surface area contributed by atoms with Gasteiger partial charge in [-0.3, -0.25) is 4.79 Å². The average Bonchev–Trinajstić information content (AvgIpc) is 2.91. The zero-order valence-corrected chi connectivity index (χ0v) is 20.2. The molecule has 0 aliphatic rings. The van der Waals surface area contributed by atoms with Crippen molar-refractivity contribution in [1.82, 2.24) is 4.57 Å². The number of allylic oxidation sites excluding steroid dienone is 1. The maximum Gasteiger partial charge on any atom is 0.344 e. The van der Waals surface area contributed by atoms with E-state index in [2.05, 4.69) is 24.3 Å². The van der Waals surface area contributed by atoms with Crippen molar-refractivity contribution in [2.75, 3.05) is 13.2 Å². The standard InChI is InChI=1S/C31H29NO4/c1-2-35-30(34)23-36-28-17-9-11-24(21-28)12-10-20-32-22-27(18-19-29(32)33)31(25-13-5-3-6-14-25)26-15-7-4-8-16-26/h3-19,21-22,31H,2,20,23H2,1H3. The molecule has 0 N–H and O–H groups in total. The Labute approximate surface area is 211 Å². The van der Waals surface area contributed by atoms with Gasteiger partial charge in [0.1, 0.15) is 5.75 Å². The van der Waals surface area contributed by atoms with Crippen molar-refractivity contribution in [3.8, 4) is 5.75 Å². The van der Waals surface area contributed by atoms with Crippen LogP contribution in [0, 0.1) is 0 Å². The molecule has 0 spiro atoms. The summed E-state index contributed by atoms with van der Waals surface area (Å²) < 4.78 is 12.1. The molecule has 182 valence electrons. The predicted octanol–water partition coefficient (Wildman–Crippen LogP) is 5.68. The zero-order chi connectivity index (χ0) is 25.2. The summed E-state index contributed by atoms with van der Waals surface area (Å²) in [5.41, 5.74) is 4.24. The SMILES string of the molecule is CCOC(=O)COc1cccc(C=CCn2cc(C(c3ccccc3)c3ccccc3)ccc2=O)c1. The van der Waals surface area contributed by atoms with Gasteiger partial charge in [0.15, 0.2) is 6.61 Å². The van der Waals surface area contributed by atoms with Gasteiger partial charge in [-0.05, 0) is 41.3 Å². The largest absolute Gasteiger partial charge is 0.482 e. The Morgan fingerprint density at radius 2 is 1.56 bits per heavy atom. The van der Waals surface area contributed by atoms with E-state index in [0.717, 1.165) is 11.1 Å². The number of benzene rings is 3. The van der Waals surface area contributed by atoms with Crippen LogP contribution in [0.2, 0.25) is 0 Å². The first-order chi connectivity index (χ1) is 17.6. The lowest BCUT2D eigenvalue weighted by Crippen LogP contribution is -2.19. The molecule has 0 bridgehead atoms. The normalized spacial score (nSPS) is 11.1. The second-order valence-electron chi connectivity index (χ2n) is 8.28. The number of esters is 1. The van der Waals surface area contributed by atoms with E-state index in [0.29, 0.717) is 18.9 Å². The second kappa shape index (κ2) is 12.4. The van der Waals surface area contributed by atoms with Crippen LogP contribution in [0.4, 0.5) is 0 Å². The summed E-state index contributed by atoms with van der Waals surface area (Å²) in [7, 11) is 0. The molecular formula is C31H29NO4. The van der Waals surface area contributed by atoms with Crippen LogP contribution >= 0.6 is 0 Å². The van der Waals surface area contributed by atoms with E-state index in [1.807, 2.05) is 79.0 Å². The minimum Gasteiger partial charge on any atom is -0.482 e. The van der Waals surface area contributed by atoms with Gasteiger partial charge < -0.3 is 14.0 Å². The molecule has 0 radical (unpaired) electrons. The number of carbonyl (C=O) groups is 1. The van der Waals surface area contributed by atoms with Crippen molar-refractivity contribution in [3.63, 3.8) is 0 Å². The molecule has 0 unspecified atom stereocenters. The Bertz CT molecular complexity index is 1320. The highest BCUT2D eigenvalue weighted by molar-refractivity contribution is 5.71. The van der Waals surface area contributed by atoms with Crippen molar-refractivity contribution in [2.45, 2.75) is 19.4 Å². The first-order valence-electron chi connectivity index (χ1n) is 12.0. The molecule has 0 aliphatic carbocycles. The van der Waals surface area contributed by atoms with Gasteiger partial charge in [-0.1, -0.05) is 91.0 Å². The van der Waals surface area contributed by atoms with Gasteiger partial charge in [-0.15, -0.1) is 0 Å². The molecule has 5 heteroatoms. The van der Waals surface area contributed by atoms with Crippen LogP contribution in [0.5, 0.6) is 5.75 Å². The summed E-state index contributed by atoms with van der Waals surface area (Å²) in [4.78, 5) is 24.2. The number of aromatic nitrogens is 1. The first-order valence-corrected chi connectivity index (χ1v) is 12.0. The average molecular weight is 480 g/mol. The minimum atomic E-state index is -0.401. The Morgan fingerprint density at radius 3 is 2.22 bits per heavy atom. The van der Waals surface area contributed by atoms with Crippen molar-refractivity contribution < 1.29 is 14.3 Å². The van der Waals surface area contributed by atoms with E-state index in [9.17, 15) is 9.59 Å². The Hall–Kier alpha value is -4.38. The van der Waals surface area contributed by atoms with Gasteiger partial charge in [0.25, 0.3) is 5.56 Å². The molecule has 0 atom stereocenters. The van der Waals surface area contributed by atoms with Crippen molar-refractivity contribution in [2.24, 2.45) is 0 Å². The van der Waals surface area contributed by atoms with Crippen molar-refractivity contribution in [1.29, 1.82) is 0 Å². The fraction of sp³-hybridized carbons (Fsp3) is 0.161. The fourth-order valence-corrected chi connectivity index (χ4v) is 4.09. The lowest BCUT2D eigenvalue weighted by molar-refractivity contribution is -0.145. The molecule has 0 amide bonds. The molecule has 0 aliphatic heterocycles. The summed E-state index contributed by atoms with van der Waals surface area (Å²) in [5.74, 6) is 0.205. The number of pyridine rings is 1. The third kappa shape index (κ3) is 6.60. The molecular weight excluding hydrogens is 450 g/mol. The van der Waals surface area contributed by atoms with Crippen LogP contribution < -0.4 is 10.3 Å². The molecule has 0 saturated carbocycles.